The molecule has 0 aromatic heterocycles. The second-order valence-corrected chi connectivity index (χ2v) is 4.48. The number of ketones is 1. The second-order valence-electron chi connectivity index (χ2n) is 4.48. The molecule has 0 radical (unpaired) electrons. The van der Waals surface area contributed by atoms with Crippen molar-refractivity contribution < 1.29 is 22.4 Å². The van der Waals surface area contributed by atoms with Crippen LogP contribution in [-0.4, -0.2) is 11.5 Å². The van der Waals surface area contributed by atoms with Crippen molar-refractivity contribution in [3.8, 4) is 0 Å². The van der Waals surface area contributed by atoms with Gasteiger partial charge < -0.3 is 0 Å². The highest BCUT2D eigenvalue weighted by Crippen LogP contribution is 2.32. The van der Waals surface area contributed by atoms with Crippen molar-refractivity contribution in [1.29, 1.82) is 0 Å². The first-order valence-electron chi connectivity index (χ1n) is 5.52. The minimum atomic E-state index is -4.43. The summed E-state index contributed by atoms with van der Waals surface area (Å²) in [4.78, 5) is 11.6. The van der Waals surface area contributed by atoms with Gasteiger partial charge in [0.1, 0.15) is 5.67 Å². The number of benzene rings is 1. The third kappa shape index (κ3) is 2.92. The molecule has 1 atom stereocenters. The quantitative estimate of drug-likeness (QED) is 0.706. The number of carbonyl (C=O) groups excluding carboxylic acids is 1. The van der Waals surface area contributed by atoms with Gasteiger partial charge in [-0.15, -0.1) is 0 Å². The minimum absolute atomic E-state index is 0.0706. The van der Waals surface area contributed by atoms with Gasteiger partial charge in [0, 0.05) is 5.57 Å². The number of carbonyl (C=O) groups is 1. The smallest absolute Gasteiger partial charge is 0.289 e. The molecule has 100 valence electrons. The number of halogens is 4. The summed E-state index contributed by atoms with van der Waals surface area (Å²) in [6.45, 7) is 1.26. The molecule has 1 nitrogen and oxygen atoms in total. The van der Waals surface area contributed by atoms with Gasteiger partial charge in [0.2, 0.25) is 0 Å². The Morgan fingerprint density at radius 3 is 2.21 bits per heavy atom. The van der Waals surface area contributed by atoms with Crippen molar-refractivity contribution in [3.63, 3.8) is 0 Å². The van der Waals surface area contributed by atoms with Gasteiger partial charge in [-0.05, 0) is 42.8 Å². The van der Waals surface area contributed by atoms with E-state index in [0.717, 1.165) is 30.4 Å². The molecular formula is C14H10F4O. The van der Waals surface area contributed by atoms with Crippen molar-refractivity contribution in [2.75, 3.05) is 0 Å². The molecule has 0 fully saturated rings. The first-order valence-corrected chi connectivity index (χ1v) is 5.52. The van der Waals surface area contributed by atoms with E-state index in [-0.39, 0.29) is 11.1 Å². The van der Waals surface area contributed by atoms with Crippen molar-refractivity contribution in [2.24, 2.45) is 0 Å². The van der Waals surface area contributed by atoms with E-state index in [1.165, 1.54) is 19.1 Å². The Bertz CT molecular complexity index is 562. The predicted octanol–water partition coefficient (Wildman–Crippen LogP) is 3.96. The molecule has 1 aromatic carbocycles. The highest BCUT2D eigenvalue weighted by molar-refractivity contribution is 6.27. The normalized spacial score (nSPS) is 23.4. The molecule has 1 aliphatic carbocycles. The van der Waals surface area contributed by atoms with Crippen LogP contribution in [0.2, 0.25) is 0 Å². The summed E-state index contributed by atoms with van der Waals surface area (Å²) >= 11 is 0. The molecule has 0 saturated heterocycles. The fourth-order valence-electron chi connectivity index (χ4n) is 1.79. The van der Waals surface area contributed by atoms with Crippen molar-refractivity contribution in [1.82, 2.24) is 0 Å². The standard InChI is InChI=1S/C14H10F4O/c1-13(15)7-6-12(19)11(8-13)9-2-4-10(5-3-9)14(16,17)18/h2-8H,1H3/t13-/m0/s1. The average Bonchev–Trinajstić information content (AvgIpc) is 2.31. The molecule has 0 heterocycles. The molecule has 5 heteroatoms. The van der Waals surface area contributed by atoms with Gasteiger partial charge in [0.25, 0.3) is 0 Å². The third-order valence-corrected chi connectivity index (χ3v) is 2.78. The summed E-state index contributed by atoms with van der Waals surface area (Å²) in [6.07, 6.45) is -1.12. The first-order chi connectivity index (χ1) is 8.69. The molecule has 0 spiro atoms. The van der Waals surface area contributed by atoms with Gasteiger partial charge in [-0.1, -0.05) is 12.1 Å². The van der Waals surface area contributed by atoms with Crippen molar-refractivity contribution >= 4 is 11.4 Å². The Morgan fingerprint density at radius 1 is 1.11 bits per heavy atom. The minimum Gasteiger partial charge on any atom is -0.289 e. The molecule has 2 rings (SSSR count). The van der Waals surface area contributed by atoms with E-state index in [2.05, 4.69) is 0 Å². The van der Waals surface area contributed by atoms with Gasteiger partial charge in [-0.2, -0.15) is 13.2 Å². The molecular weight excluding hydrogens is 260 g/mol. The lowest BCUT2D eigenvalue weighted by molar-refractivity contribution is -0.137. The average molecular weight is 270 g/mol. The molecule has 0 amide bonds. The summed E-state index contributed by atoms with van der Waals surface area (Å²) in [5.74, 6) is -0.421. The highest BCUT2D eigenvalue weighted by Gasteiger charge is 2.31. The SMILES string of the molecule is C[C@]1(F)C=CC(=O)C(c2ccc(C(F)(F)F)cc2)=C1. The van der Waals surface area contributed by atoms with Crippen molar-refractivity contribution in [3.05, 3.63) is 53.6 Å². The zero-order valence-corrected chi connectivity index (χ0v) is 9.96. The number of rotatable bonds is 1. The summed E-state index contributed by atoms with van der Waals surface area (Å²) in [7, 11) is 0. The summed E-state index contributed by atoms with van der Waals surface area (Å²) in [5.41, 5.74) is -2.24. The van der Waals surface area contributed by atoms with Gasteiger partial charge >= 0.3 is 6.18 Å². The fraction of sp³-hybridized carbons (Fsp3) is 0.214. The van der Waals surface area contributed by atoms with E-state index in [0.29, 0.717) is 0 Å². The van der Waals surface area contributed by atoms with Crippen LogP contribution in [0.4, 0.5) is 17.6 Å². The lowest BCUT2D eigenvalue weighted by Gasteiger charge is -2.18. The fourth-order valence-corrected chi connectivity index (χ4v) is 1.79. The largest absolute Gasteiger partial charge is 0.416 e. The number of hydrogen-bond acceptors (Lipinski definition) is 1. The van der Waals surface area contributed by atoms with Crippen LogP contribution in [0.15, 0.2) is 42.5 Å². The molecule has 19 heavy (non-hydrogen) atoms. The molecule has 0 saturated carbocycles. The summed E-state index contributed by atoms with van der Waals surface area (Å²) < 4.78 is 51.0. The van der Waals surface area contributed by atoms with E-state index >= 15 is 0 Å². The monoisotopic (exact) mass is 270 g/mol. The van der Waals surface area contributed by atoms with Crippen molar-refractivity contribution in [2.45, 2.75) is 18.8 Å². The number of hydrogen-bond donors (Lipinski definition) is 0. The van der Waals surface area contributed by atoms with Crippen LogP contribution < -0.4 is 0 Å². The Morgan fingerprint density at radius 2 is 1.68 bits per heavy atom. The van der Waals surface area contributed by atoms with Crippen LogP contribution in [0.1, 0.15) is 18.1 Å². The Balaban J connectivity index is 2.38. The molecule has 1 aromatic rings. The number of alkyl halides is 4. The Hall–Kier alpha value is -1.91. The van der Waals surface area contributed by atoms with E-state index in [1.807, 2.05) is 0 Å². The number of allylic oxidation sites excluding steroid dienone is 4. The van der Waals surface area contributed by atoms with Crippen LogP contribution in [0.25, 0.3) is 5.57 Å². The first kappa shape index (κ1) is 13.5. The third-order valence-electron chi connectivity index (χ3n) is 2.78. The summed E-state index contributed by atoms with van der Waals surface area (Å²) in [5, 5.41) is 0. The van der Waals surface area contributed by atoms with Crippen LogP contribution in [0, 0.1) is 0 Å². The van der Waals surface area contributed by atoms with Gasteiger partial charge in [0.15, 0.2) is 5.78 Å². The van der Waals surface area contributed by atoms with Crippen LogP contribution in [-0.2, 0) is 11.0 Å². The predicted molar refractivity (Wildman–Crippen MR) is 63.1 cm³/mol. The molecule has 0 bridgehead atoms. The summed E-state index contributed by atoms with van der Waals surface area (Å²) in [6, 6.07) is 4.08. The zero-order valence-electron chi connectivity index (χ0n) is 9.96. The van der Waals surface area contributed by atoms with Crippen LogP contribution in [0.5, 0.6) is 0 Å². The van der Waals surface area contributed by atoms with E-state index in [9.17, 15) is 22.4 Å². The maximum absolute atomic E-state index is 13.8. The molecule has 0 N–H and O–H groups in total. The lowest BCUT2D eigenvalue weighted by atomic mass is 9.90. The lowest BCUT2D eigenvalue weighted by Crippen LogP contribution is -2.18. The van der Waals surface area contributed by atoms with E-state index in [4.69, 9.17) is 0 Å². The maximum atomic E-state index is 13.8. The Kier molecular flexibility index (Phi) is 3.08. The van der Waals surface area contributed by atoms with Gasteiger partial charge in [0.05, 0.1) is 5.56 Å². The zero-order chi connectivity index (χ0) is 14.3. The van der Waals surface area contributed by atoms with Gasteiger partial charge in [-0.25, -0.2) is 4.39 Å². The van der Waals surface area contributed by atoms with E-state index in [1.54, 1.807) is 0 Å². The second kappa shape index (κ2) is 4.33. The van der Waals surface area contributed by atoms with Gasteiger partial charge in [-0.3, -0.25) is 4.79 Å². The maximum Gasteiger partial charge on any atom is 0.416 e. The van der Waals surface area contributed by atoms with Crippen LogP contribution in [0.3, 0.4) is 0 Å². The molecule has 1 aliphatic rings. The molecule has 0 unspecified atom stereocenters. The Labute approximate surface area is 107 Å². The molecule has 0 aliphatic heterocycles. The van der Waals surface area contributed by atoms with E-state index < -0.39 is 23.2 Å². The topological polar surface area (TPSA) is 17.1 Å². The van der Waals surface area contributed by atoms with Crippen LogP contribution >= 0.6 is 0 Å². The highest BCUT2D eigenvalue weighted by atomic mass is 19.4.